The first-order valence-corrected chi connectivity index (χ1v) is 8.04. The van der Waals surface area contributed by atoms with Crippen LogP contribution in [0, 0.1) is 12.3 Å². The van der Waals surface area contributed by atoms with E-state index in [-0.39, 0.29) is 0 Å². The number of carbonyl (C=O) groups excluding carboxylic acids is 3. The van der Waals surface area contributed by atoms with Gasteiger partial charge in [0, 0.05) is 33.0 Å². The second kappa shape index (κ2) is 8.10. The Labute approximate surface area is 158 Å². The lowest BCUT2D eigenvalue weighted by Gasteiger charge is -2.28. The van der Waals surface area contributed by atoms with E-state index in [1.54, 1.807) is 0 Å². The fraction of sp³-hybridized carbons (Fsp3) is 0.471. The summed E-state index contributed by atoms with van der Waals surface area (Å²) in [6.07, 6.45) is 2.54. The first kappa shape index (κ1) is 20.9. The van der Waals surface area contributed by atoms with Crippen LogP contribution < -0.4 is 11.2 Å². The molecule has 2 rings (SSSR count). The Morgan fingerprint density at radius 2 is 1.86 bits per heavy atom. The van der Waals surface area contributed by atoms with Gasteiger partial charge < -0.3 is 18.9 Å². The van der Waals surface area contributed by atoms with Gasteiger partial charge in [0.25, 0.3) is 5.56 Å². The smallest absolute Gasteiger partial charge is 0.330 e. The first-order chi connectivity index (χ1) is 13.1. The van der Waals surface area contributed by atoms with E-state index in [0.29, 0.717) is 0 Å². The molecule has 1 aromatic rings. The van der Waals surface area contributed by atoms with Gasteiger partial charge in [-0.15, -0.1) is 6.42 Å². The molecule has 0 aromatic carbocycles. The zero-order valence-corrected chi connectivity index (χ0v) is 15.3. The lowest BCUT2D eigenvalue weighted by Crippen LogP contribution is -2.49. The van der Waals surface area contributed by atoms with Crippen LogP contribution in [0.15, 0.2) is 21.9 Å². The van der Waals surface area contributed by atoms with E-state index in [1.807, 2.05) is 4.98 Å². The quantitative estimate of drug-likeness (QED) is 0.372. The molecule has 1 aliphatic rings. The predicted octanol–water partition coefficient (Wildman–Crippen LogP) is -1.14. The number of hydrogen-bond donors (Lipinski definition) is 1. The lowest BCUT2D eigenvalue weighted by atomic mass is 9.96. The normalized spacial score (nSPS) is 26.1. The fourth-order valence-corrected chi connectivity index (χ4v) is 2.74. The van der Waals surface area contributed by atoms with Crippen LogP contribution in [0.2, 0.25) is 0 Å². The number of H-pyrrole nitrogens is 1. The van der Waals surface area contributed by atoms with Crippen molar-refractivity contribution < 1.29 is 33.3 Å². The van der Waals surface area contributed by atoms with Crippen LogP contribution in [-0.2, 0) is 33.3 Å². The van der Waals surface area contributed by atoms with Gasteiger partial charge in [-0.25, -0.2) is 4.79 Å². The van der Waals surface area contributed by atoms with Crippen LogP contribution in [0.3, 0.4) is 0 Å². The number of aromatic amines is 1. The Morgan fingerprint density at radius 3 is 2.36 bits per heavy atom. The van der Waals surface area contributed by atoms with E-state index in [9.17, 15) is 24.0 Å². The van der Waals surface area contributed by atoms with Crippen molar-refractivity contribution in [1.82, 2.24) is 9.55 Å². The molecule has 0 amide bonds. The Kier molecular flexibility index (Phi) is 6.05. The van der Waals surface area contributed by atoms with E-state index < -0.39 is 59.8 Å². The number of esters is 3. The molecule has 11 heteroatoms. The third-order valence-corrected chi connectivity index (χ3v) is 3.82. The molecular weight excluding hydrogens is 376 g/mol. The number of hydrogen-bond acceptors (Lipinski definition) is 9. The van der Waals surface area contributed by atoms with Crippen molar-refractivity contribution in [2.75, 3.05) is 6.61 Å². The highest BCUT2D eigenvalue weighted by atomic mass is 16.7. The maximum Gasteiger partial charge on any atom is 0.330 e. The van der Waals surface area contributed by atoms with Crippen molar-refractivity contribution in [3.05, 3.63) is 33.1 Å². The minimum absolute atomic E-state index is 0.539. The number of terminal acetylenes is 1. The van der Waals surface area contributed by atoms with Gasteiger partial charge in [-0.2, -0.15) is 0 Å². The van der Waals surface area contributed by atoms with Crippen LogP contribution >= 0.6 is 0 Å². The summed E-state index contributed by atoms with van der Waals surface area (Å²) in [4.78, 5) is 60.0. The van der Waals surface area contributed by atoms with Gasteiger partial charge in [-0.1, -0.05) is 5.92 Å². The topological polar surface area (TPSA) is 143 Å². The van der Waals surface area contributed by atoms with Gasteiger partial charge in [0.15, 0.2) is 18.4 Å². The van der Waals surface area contributed by atoms with Crippen LogP contribution in [0.25, 0.3) is 0 Å². The molecule has 0 radical (unpaired) electrons. The highest BCUT2D eigenvalue weighted by Crippen LogP contribution is 2.40. The maximum absolute atomic E-state index is 12.2. The van der Waals surface area contributed by atoms with Crippen LogP contribution in [0.1, 0.15) is 27.0 Å². The van der Waals surface area contributed by atoms with Crippen molar-refractivity contribution in [2.45, 2.75) is 44.8 Å². The van der Waals surface area contributed by atoms with E-state index >= 15 is 0 Å². The third kappa shape index (κ3) is 4.29. The number of nitrogens with zero attached hydrogens (tertiary/aromatic N) is 1. The minimum Gasteiger partial charge on any atom is -0.462 e. The molecule has 11 nitrogen and oxygen atoms in total. The summed E-state index contributed by atoms with van der Waals surface area (Å²) < 4.78 is 22.0. The highest BCUT2D eigenvalue weighted by Gasteiger charge is 2.60. The lowest BCUT2D eigenvalue weighted by molar-refractivity contribution is -0.169. The molecule has 4 atom stereocenters. The SMILES string of the molecule is C#C[C@]1(COC(C)=O)OC(n2ccc(=O)[nH]c2=O)[C@@H](OC(C)=O)[C@@H]1OC(C)=O. The van der Waals surface area contributed by atoms with E-state index in [0.717, 1.165) is 37.6 Å². The summed E-state index contributed by atoms with van der Waals surface area (Å²) in [7, 11) is 0. The van der Waals surface area contributed by atoms with E-state index in [2.05, 4.69) is 5.92 Å². The van der Waals surface area contributed by atoms with Crippen LogP contribution in [0.4, 0.5) is 0 Å². The molecule has 1 fully saturated rings. The molecule has 28 heavy (non-hydrogen) atoms. The zero-order chi connectivity index (χ0) is 21.1. The molecule has 1 unspecified atom stereocenters. The molecule has 0 aliphatic carbocycles. The van der Waals surface area contributed by atoms with Gasteiger partial charge in [-0.3, -0.25) is 28.7 Å². The van der Waals surface area contributed by atoms with Crippen molar-refractivity contribution in [3.8, 4) is 12.3 Å². The molecule has 0 spiro atoms. The number of nitrogens with one attached hydrogen (secondary N) is 1. The molecular formula is C17H18N2O9. The van der Waals surface area contributed by atoms with Gasteiger partial charge in [0.1, 0.15) is 6.61 Å². The summed E-state index contributed by atoms with van der Waals surface area (Å²) in [5.41, 5.74) is -3.39. The molecule has 0 saturated carbocycles. The standard InChI is InChI=1S/C17H18N2O9/c1-5-17(8-25-9(2)20)14(27-11(4)22)13(26-10(3)21)15(28-17)19-7-6-12(23)18-16(19)24/h1,6-7,13-15H,8H2,2-4H3,(H,18,23,24)/t13-,14-,15?,17+/m0/s1. The van der Waals surface area contributed by atoms with Gasteiger partial charge in [0.2, 0.25) is 5.60 Å². The number of ether oxygens (including phenoxy) is 4. The Bertz CT molecular complexity index is 941. The largest absolute Gasteiger partial charge is 0.462 e. The average molecular weight is 394 g/mol. The predicted molar refractivity (Wildman–Crippen MR) is 90.7 cm³/mol. The Morgan fingerprint density at radius 1 is 1.21 bits per heavy atom. The molecule has 1 saturated heterocycles. The van der Waals surface area contributed by atoms with E-state index in [4.69, 9.17) is 25.4 Å². The second-order valence-corrected chi connectivity index (χ2v) is 5.94. The van der Waals surface area contributed by atoms with Gasteiger partial charge >= 0.3 is 23.6 Å². The van der Waals surface area contributed by atoms with Crippen LogP contribution in [0.5, 0.6) is 0 Å². The molecule has 2 heterocycles. The average Bonchev–Trinajstić information content (AvgIpc) is 2.86. The molecule has 1 aliphatic heterocycles. The molecule has 1 aromatic heterocycles. The molecule has 1 N–H and O–H groups in total. The van der Waals surface area contributed by atoms with Crippen molar-refractivity contribution in [2.24, 2.45) is 0 Å². The number of rotatable bonds is 5. The summed E-state index contributed by atoms with van der Waals surface area (Å²) >= 11 is 0. The van der Waals surface area contributed by atoms with Crippen molar-refractivity contribution in [3.63, 3.8) is 0 Å². The van der Waals surface area contributed by atoms with Crippen LogP contribution in [-0.4, -0.2) is 51.9 Å². The number of carbonyl (C=O) groups is 3. The van der Waals surface area contributed by atoms with Gasteiger partial charge in [0.05, 0.1) is 0 Å². The minimum atomic E-state index is -1.85. The molecule has 0 bridgehead atoms. The Balaban J connectivity index is 2.60. The second-order valence-electron chi connectivity index (χ2n) is 5.94. The van der Waals surface area contributed by atoms with E-state index in [1.165, 1.54) is 0 Å². The fourth-order valence-electron chi connectivity index (χ4n) is 2.74. The number of aromatic nitrogens is 2. The van der Waals surface area contributed by atoms with Crippen molar-refractivity contribution in [1.29, 1.82) is 0 Å². The molecule has 150 valence electrons. The Hall–Kier alpha value is -3.39. The monoisotopic (exact) mass is 394 g/mol. The highest BCUT2D eigenvalue weighted by molar-refractivity contribution is 5.68. The summed E-state index contributed by atoms with van der Waals surface area (Å²) in [5, 5.41) is 0. The van der Waals surface area contributed by atoms with Gasteiger partial charge in [-0.05, 0) is 0 Å². The third-order valence-electron chi connectivity index (χ3n) is 3.82. The maximum atomic E-state index is 12.2. The van der Waals surface area contributed by atoms with Crippen molar-refractivity contribution >= 4 is 17.9 Å². The summed E-state index contributed by atoms with van der Waals surface area (Å²) in [6.45, 7) is 2.79. The first-order valence-electron chi connectivity index (χ1n) is 8.04. The summed E-state index contributed by atoms with van der Waals surface area (Å²) in [6, 6.07) is 1.04. The zero-order valence-electron chi connectivity index (χ0n) is 15.3. The summed E-state index contributed by atoms with van der Waals surface area (Å²) in [5.74, 6) is 0.0350.